The van der Waals surface area contributed by atoms with Gasteiger partial charge >= 0.3 is 0 Å². The Kier molecular flexibility index (Phi) is 4.95. The summed E-state index contributed by atoms with van der Waals surface area (Å²) in [6.07, 6.45) is 1.49. The summed E-state index contributed by atoms with van der Waals surface area (Å²) < 4.78 is 0.285. The fraction of sp³-hybridized carbons (Fsp3) is 1.00. The fourth-order valence-electron chi connectivity index (χ4n) is 0.514. The molecule has 0 aliphatic heterocycles. The van der Waals surface area contributed by atoms with Crippen LogP contribution in [-0.2, 0) is 5.11 Å². The molecule has 49 valence electrons. The van der Waals surface area contributed by atoms with E-state index in [0.29, 0.717) is 0 Å². The molecule has 0 aromatic carbocycles. The van der Waals surface area contributed by atoms with Crippen LogP contribution in [0.25, 0.3) is 0 Å². The zero-order chi connectivity index (χ0) is 6.57. The molecule has 1 nitrogen and oxygen atoms in total. The molecule has 2 heteroatoms. The van der Waals surface area contributed by atoms with Crippen molar-refractivity contribution >= 4 is 22.6 Å². The highest BCUT2D eigenvalue weighted by Gasteiger charge is 2.09. The van der Waals surface area contributed by atoms with Gasteiger partial charge in [-0.05, 0) is 6.42 Å². The van der Waals surface area contributed by atoms with Crippen LogP contribution in [0.5, 0.6) is 0 Å². The summed E-state index contributed by atoms with van der Waals surface area (Å²) in [6.45, 7) is 4.01. The van der Waals surface area contributed by atoms with Crippen LogP contribution in [-0.4, -0.2) is 10.0 Å². The summed E-state index contributed by atoms with van der Waals surface area (Å²) in [7, 11) is 0. The molecule has 0 aliphatic carbocycles. The van der Waals surface area contributed by atoms with Crippen molar-refractivity contribution in [3.63, 3.8) is 0 Å². The van der Waals surface area contributed by atoms with E-state index in [1.54, 1.807) is 0 Å². The smallest absolute Gasteiger partial charge is 0.104 e. The van der Waals surface area contributed by atoms with Crippen molar-refractivity contribution in [3.8, 4) is 0 Å². The van der Waals surface area contributed by atoms with Crippen molar-refractivity contribution in [2.24, 2.45) is 0 Å². The Bertz CT molecular complexity index is 54.5. The second-order valence-corrected chi connectivity index (χ2v) is 3.97. The molecule has 0 bridgehead atoms. The highest BCUT2D eigenvalue weighted by atomic mass is 127. The summed E-state index contributed by atoms with van der Waals surface area (Å²) in [5, 5.41) is 10.8. The number of halogens is 1. The van der Waals surface area contributed by atoms with Gasteiger partial charge in [0.2, 0.25) is 0 Å². The second-order valence-electron chi connectivity index (χ2n) is 2.00. The highest BCUT2D eigenvalue weighted by molar-refractivity contribution is 14.1. The summed E-state index contributed by atoms with van der Waals surface area (Å²) in [5.74, 6) is 0. The van der Waals surface area contributed by atoms with E-state index in [2.05, 4.69) is 22.6 Å². The van der Waals surface area contributed by atoms with Crippen molar-refractivity contribution in [3.05, 3.63) is 0 Å². The molecule has 0 aromatic heterocycles. The summed E-state index contributed by atoms with van der Waals surface area (Å²) in [5.41, 5.74) is 0. The van der Waals surface area contributed by atoms with E-state index in [0.717, 1.165) is 12.8 Å². The minimum absolute atomic E-state index is 0.285. The molecular formula is C6H12IO. The van der Waals surface area contributed by atoms with Crippen LogP contribution in [0, 0.1) is 0 Å². The average molecular weight is 227 g/mol. The molecule has 1 radical (unpaired) electrons. The Hall–Kier alpha value is 0.690. The van der Waals surface area contributed by atoms with Gasteiger partial charge in [0.25, 0.3) is 0 Å². The fourth-order valence-corrected chi connectivity index (χ4v) is 0.874. The molecule has 0 aliphatic rings. The number of rotatable bonds is 3. The molecule has 2 unspecified atom stereocenters. The third-order valence-electron chi connectivity index (χ3n) is 1.09. The van der Waals surface area contributed by atoms with Crippen LogP contribution in [0.4, 0.5) is 0 Å². The van der Waals surface area contributed by atoms with Gasteiger partial charge in [-0.2, -0.15) is 0 Å². The van der Waals surface area contributed by atoms with E-state index in [1.165, 1.54) is 0 Å². The lowest BCUT2D eigenvalue weighted by Gasteiger charge is -2.07. The zero-order valence-corrected chi connectivity index (χ0v) is 7.51. The Morgan fingerprint density at radius 1 is 1.62 bits per heavy atom. The molecule has 0 spiro atoms. The molecular weight excluding hydrogens is 215 g/mol. The SMILES string of the molecule is CCCC([O])C(C)I. The predicted octanol–water partition coefficient (Wildman–Crippen LogP) is 2.41. The van der Waals surface area contributed by atoms with Gasteiger partial charge in [-0.15, -0.1) is 0 Å². The van der Waals surface area contributed by atoms with Gasteiger partial charge in [0.05, 0.1) is 0 Å². The summed E-state index contributed by atoms with van der Waals surface area (Å²) >= 11 is 2.18. The Labute approximate surface area is 64.6 Å². The van der Waals surface area contributed by atoms with Crippen LogP contribution in [0.3, 0.4) is 0 Å². The first-order valence-corrected chi connectivity index (χ1v) is 4.23. The predicted molar refractivity (Wildman–Crippen MR) is 42.9 cm³/mol. The number of alkyl halides is 1. The molecule has 0 saturated carbocycles. The van der Waals surface area contributed by atoms with Crippen molar-refractivity contribution in [2.45, 2.75) is 36.7 Å². The third-order valence-corrected chi connectivity index (χ3v) is 1.89. The molecule has 0 N–H and O–H groups in total. The topological polar surface area (TPSA) is 19.9 Å². The Morgan fingerprint density at radius 3 is 2.25 bits per heavy atom. The van der Waals surface area contributed by atoms with E-state index in [-0.39, 0.29) is 10.0 Å². The minimum atomic E-state index is -0.347. The minimum Gasteiger partial charge on any atom is -0.232 e. The Balaban J connectivity index is 3.17. The quantitative estimate of drug-likeness (QED) is 0.521. The zero-order valence-electron chi connectivity index (χ0n) is 5.36. The molecule has 0 amide bonds. The van der Waals surface area contributed by atoms with E-state index in [9.17, 15) is 5.11 Å². The maximum atomic E-state index is 10.8. The molecule has 2 atom stereocenters. The van der Waals surface area contributed by atoms with E-state index in [1.807, 2.05) is 13.8 Å². The second kappa shape index (κ2) is 4.56. The normalized spacial score (nSPS) is 18.0. The van der Waals surface area contributed by atoms with E-state index in [4.69, 9.17) is 0 Å². The van der Waals surface area contributed by atoms with Crippen LogP contribution in [0.1, 0.15) is 26.7 Å². The van der Waals surface area contributed by atoms with Gasteiger partial charge in [0, 0.05) is 3.92 Å². The van der Waals surface area contributed by atoms with Crippen molar-refractivity contribution in [1.82, 2.24) is 0 Å². The molecule has 0 heterocycles. The van der Waals surface area contributed by atoms with Crippen molar-refractivity contribution < 1.29 is 5.11 Å². The van der Waals surface area contributed by atoms with Gasteiger partial charge in [0.1, 0.15) is 6.10 Å². The number of hydrogen-bond acceptors (Lipinski definition) is 0. The van der Waals surface area contributed by atoms with Crippen LogP contribution in [0.15, 0.2) is 0 Å². The third kappa shape index (κ3) is 3.66. The van der Waals surface area contributed by atoms with Gasteiger partial charge in [-0.3, -0.25) is 0 Å². The summed E-state index contributed by atoms with van der Waals surface area (Å²) in [6, 6.07) is 0. The molecule has 0 saturated heterocycles. The Morgan fingerprint density at radius 2 is 2.12 bits per heavy atom. The van der Waals surface area contributed by atoms with Gasteiger partial charge in [0.15, 0.2) is 0 Å². The van der Waals surface area contributed by atoms with Gasteiger partial charge in [-0.25, -0.2) is 5.11 Å². The first-order valence-electron chi connectivity index (χ1n) is 2.98. The molecule has 0 fully saturated rings. The lowest BCUT2D eigenvalue weighted by Crippen LogP contribution is -2.14. The van der Waals surface area contributed by atoms with Crippen LogP contribution in [0.2, 0.25) is 0 Å². The largest absolute Gasteiger partial charge is 0.232 e. The van der Waals surface area contributed by atoms with Gasteiger partial charge in [-0.1, -0.05) is 42.9 Å². The van der Waals surface area contributed by atoms with Gasteiger partial charge < -0.3 is 0 Å². The molecule has 8 heavy (non-hydrogen) atoms. The standard InChI is InChI=1S/C6H12IO/c1-3-4-6(8)5(2)7/h5-6H,3-4H2,1-2H3. The summed E-state index contributed by atoms with van der Waals surface area (Å²) in [4.78, 5) is 0. The average Bonchev–Trinajstić information content (AvgIpc) is 1.67. The first kappa shape index (κ1) is 8.69. The monoisotopic (exact) mass is 227 g/mol. The van der Waals surface area contributed by atoms with Crippen molar-refractivity contribution in [2.75, 3.05) is 0 Å². The van der Waals surface area contributed by atoms with E-state index >= 15 is 0 Å². The van der Waals surface area contributed by atoms with Crippen LogP contribution >= 0.6 is 22.6 Å². The number of hydrogen-bond donors (Lipinski definition) is 0. The maximum absolute atomic E-state index is 10.8. The lowest BCUT2D eigenvalue weighted by atomic mass is 10.2. The highest BCUT2D eigenvalue weighted by Crippen LogP contribution is 2.10. The first-order chi connectivity index (χ1) is 3.68. The van der Waals surface area contributed by atoms with Crippen molar-refractivity contribution in [1.29, 1.82) is 0 Å². The van der Waals surface area contributed by atoms with E-state index < -0.39 is 0 Å². The maximum Gasteiger partial charge on any atom is 0.104 e. The lowest BCUT2D eigenvalue weighted by molar-refractivity contribution is 0.0856. The molecule has 0 aromatic rings. The van der Waals surface area contributed by atoms with Crippen LogP contribution < -0.4 is 0 Å². The molecule has 0 rings (SSSR count).